The maximum absolute atomic E-state index is 11.8. The lowest BCUT2D eigenvalue weighted by Gasteiger charge is -2.03. The summed E-state index contributed by atoms with van der Waals surface area (Å²) in [5.41, 5.74) is 1.78. The van der Waals surface area contributed by atoms with Crippen molar-refractivity contribution < 1.29 is 4.79 Å². The molecule has 0 spiro atoms. The Bertz CT molecular complexity index is 541. The maximum atomic E-state index is 11.8. The van der Waals surface area contributed by atoms with Gasteiger partial charge in [0, 0.05) is 17.7 Å². The van der Waals surface area contributed by atoms with E-state index in [1.54, 1.807) is 0 Å². The lowest BCUT2D eigenvalue weighted by molar-refractivity contribution is -0.119. The van der Waals surface area contributed by atoms with E-state index in [1.807, 2.05) is 24.3 Å². The summed E-state index contributed by atoms with van der Waals surface area (Å²) in [7, 11) is 0. The van der Waals surface area contributed by atoms with Gasteiger partial charge in [-0.05, 0) is 18.9 Å². The number of para-hydroxylation sites is 1. The highest BCUT2D eigenvalue weighted by molar-refractivity contribution is 5.89. The summed E-state index contributed by atoms with van der Waals surface area (Å²) in [4.78, 5) is 20.2. The molecule has 80 valence electrons. The number of fused-ring (bicyclic) bond motifs is 1. The molecule has 1 aliphatic carbocycles. The number of hydrogen-bond acceptors (Lipinski definition) is 3. The Balaban J connectivity index is 1.99. The van der Waals surface area contributed by atoms with E-state index >= 15 is 0 Å². The molecule has 0 unspecified atom stereocenters. The second-order valence-corrected chi connectivity index (χ2v) is 4.25. The summed E-state index contributed by atoms with van der Waals surface area (Å²) >= 11 is 0. The van der Waals surface area contributed by atoms with E-state index in [0.717, 1.165) is 29.4 Å². The fourth-order valence-corrected chi connectivity index (χ4v) is 1.92. The minimum atomic E-state index is 0.300. The average Bonchev–Trinajstić information content (AvgIpc) is 3.13. The molecular formula is C13H12N2O. The molecular weight excluding hydrogens is 200 g/mol. The summed E-state index contributed by atoms with van der Waals surface area (Å²) in [5.74, 6) is 0.623. The van der Waals surface area contributed by atoms with Crippen molar-refractivity contribution in [2.75, 3.05) is 0 Å². The lowest BCUT2D eigenvalue weighted by Crippen LogP contribution is -2.07. The first-order chi connectivity index (χ1) is 7.84. The molecule has 0 aliphatic heterocycles. The van der Waals surface area contributed by atoms with Crippen LogP contribution in [0.15, 0.2) is 30.6 Å². The number of rotatable bonds is 3. The molecule has 3 heteroatoms. The third-order valence-corrected chi connectivity index (χ3v) is 3.00. The smallest absolute Gasteiger partial charge is 0.141 e. The summed E-state index contributed by atoms with van der Waals surface area (Å²) in [6.07, 6.45) is 4.11. The van der Waals surface area contributed by atoms with Crippen molar-refractivity contribution in [3.05, 3.63) is 36.3 Å². The Morgan fingerprint density at radius 3 is 2.88 bits per heavy atom. The van der Waals surface area contributed by atoms with Crippen molar-refractivity contribution in [2.24, 2.45) is 5.92 Å². The van der Waals surface area contributed by atoms with Gasteiger partial charge in [0.2, 0.25) is 0 Å². The first-order valence-corrected chi connectivity index (χ1v) is 5.56. The van der Waals surface area contributed by atoms with Crippen LogP contribution in [-0.2, 0) is 11.2 Å². The fraction of sp³-hybridized carbons (Fsp3) is 0.308. The molecule has 1 fully saturated rings. The summed E-state index contributed by atoms with van der Waals surface area (Å²) < 4.78 is 0. The van der Waals surface area contributed by atoms with E-state index in [1.165, 1.54) is 6.33 Å². The van der Waals surface area contributed by atoms with Gasteiger partial charge in [0.1, 0.15) is 12.1 Å². The monoisotopic (exact) mass is 212 g/mol. The van der Waals surface area contributed by atoms with Crippen LogP contribution in [0, 0.1) is 5.92 Å². The molecule has 2 aromatic rings. The Hall–Kier alpha value is -1.77. The highest BCUT2D eigenvalue weighted by atomic mass is 16.1. The number of hydrogen-bond donors (Lipinski definition) is 0. The second-order valence-electron chi connectivity index (χ2n) is 4.25. The number of ketones is 1. The van der Waals surface area contributed by atoms with E-state index in [9.17, 15) is 4.79 Å². The molecule has 1 aromatic heterocycles. The third kappa shape index (κ3) is 1.69. The molecule has 0 atom stereocenters. The SMILES string of the molecule is O=C(Cc1ncnc2ccccc12)C1CC1. The average molecular weight is 212 g/mol. The minimum absolute atomic E-state index is 0.300. The van der Waals surface area contributed by atoms with Crippen molar-refractivity contribution >= 4 is 16.7 Å². The van der Waals surface area contributed by atoms with Gasteiger partial charge in [0.15, 0.2) is 0 Å². The highest BCUT2D eigenvalue weighted by Crippen LogP contribution is 2.31. The quantitative estimate of drug-likeness (QED) is 0.783. The summed E-state index contributed by atoms with van der Waals surface area (Å²) in [6.45, 7) is 0. The van der Waals surface area contributed by atoms with E-state index in [4.69, 9.17) is 0 Å². The summed E-state index contributed by atoms with van der Waals surface area (Å²) in [5, 5.41) is 0.999. The number of Topliss-reactive ketones (excluding diaryl/α,β-unsaturated/α-hetero) is 1. The first kappa shape index (κ1) is 9.46. The Morgan fingerprint density at radius 1 is 1.25 bits per heavy atom. The van der Waals surface area contributed by atoms with Gasteiger partial charge in [-0.15, -0.1) is 0 Å². The molecule has 0 radical (unpaired) electrons. The minimum Gasteiger partial charge on any atom is -0.299 e. The summed E-state index contributed by atoms with van der Waals surface area (Å²) in [6, 6.07) is 7.82. The second kappa shape index (κ2) is 3.67. The van der Waals surface area contributed by atoms with Crippen LogP contribution in [0.3, 0.4) is 0 Å². The highest BCUT2D eigenvalue weighted by Gasteiger charge is 2.29. The topological polar surface area (TPSA) is 42.9 Å². The van der Waals surface area contributed by atoms with E-state index < -0.39 is 0 Å². The van der Waals surface area contributed by atoms with Crippen LogP contribution in [0.4, 0.5) is 0 Å². The molecule has 1 aliphatic rings. The molecule has 1 aromatic carbocycles. The molecule has 0 bridgehead atoms. The van der Waals surface area contributed by atoms with Gasteiger partial charge in [0.05, 0.1) is 11.2 Å². The predicted molar refractivity (Wildman–Crippen MR) is 61.0 cm³/mol. The lowest BCUT2D eigenvalue weighted by atomic mass is 10.1. The van der Waals surface area contributed by atoms with Crippen molar-refractivity contribution in [3.63, 3.8) is 0 Å². The van der Waals surface area contributed by atoms with Crippen molar-refractivity contribution in [2.45, 2.75) is 19.3 Å². The number of aromatic nitrogens is 2. The van der Waals surface area contributed by atoms with Crippen molar-refractivity contribution in [1.29, 1.82) is 0 Å². The standard InChI is InChI=1S/C13H12N2O/c16-13(9-5-6-9)7-12-10-3-1-2-4-11(10)14-8-15-12/h1-4,8-9H,5-7H2. The first-order valence-electron chi connectivity index (χ1n) is 5.56. The number of carbonyl (C=O) groups excluding carboxylic acids is 1. The molecule has 0 amide bonds. The molecule has 0 saturated heterocycles. The van der Waals surface area contributed by atoms with Gasteiger partial charge in [-0.25, -0.2) is 9.97 Å². The zero-order chi connectivity index (χ0) is 11.0. The molecule has 1 heterocycles. The molecule has 3 nitrogen and oxygen atoms in total. The van der Waals surface area contributed by atoms with E-state index in [0.29, 0.717) is 18.1 Å². The van der Waals surface area contributed by atoms with Gasteiger partial charge in [-0.1, -0.05) is 18.2 Å². The van der Waals surface area contributed by atoms with Crippen LogP contribution in [0.1, 0.15) is 18.5 Å². The van der Waals surface area contributed by atoms with Crippen LogP contribution in [0.2, 0.25) is 0 Å². The number of carbonyl (C=O) groups is 1. The van der Waals surface area contributed by atoms with Gasteiger partial charge in [0.25, 0.3) is 0 Å². The normalized spacial score (nSPS) is 15.2. The Labute approximate surface area is 93.5 Å². The largest absolute Gasteiger partial charge is 0.299 e. The van der Waals surface area contributed by atoms with Crippen LogP contribution in [0.25, 0.3) is 10.9 Å². The van der Waals surface area contributed by atoms with Gasteiger partial charge < -0.3 is 0 Å². The number of nitrogens with zero attached hydrogens (tertiary/aromatic N) is 2. The van der Waals surface area contributed by atoms with Crippen LogP contribution in [0.5, 0.6) is 0 Å². The van der Waals surface area contributed by atoms with Crippen LogP contribution in [-0.4, -0.2) is 15.8 Å². The Kier molecular flexibility index (Phi) is 2.17. The van der Waals surface area contributed by atoms with Crippen LogP contribution < -0.4 is 0 Å². The predicted octanol–water partition coefficient (Wildman–Crippen LogP) is 2.15. The molecule has 3 rings (SSSR count). The zero-order valence-electron chi connectivity index (χ0n) is 8.89. The fourth-order valence-electron chi connectivity index (χ4n) is 1.92. The van der Waals surface area contributed by atoms with Crippen molar-refractivity contribution in [3.8, 4) is 0 Å². The van der Waals surface area contributed by atoms with Gasteiger partial charge in [-0.2, -0.15) is 0 Å². The van der Waals surface area contributed by atoms with E-state index in [-0.39, 0.29) is 0 Å². The third-order valence-electron chi connectivity index (χ3n) is 3.00. The van der Waals surface area contributed by atoms with Gasteiger partial charge >= 0.3 is 0 Å². The van der Waals surface area contributed by atoms with Gasteiger partial charge in [-0.3, -0.25) is 4.79 Å². The molecule has 16 heavy (non-hydrogen) atoms. The molecule has 1 saturated carbocycles. The Morgan fingerprint density at radius 2 is 2.06 bits per heavy atom. The maximum Gasteiger partial charge on any atom is 0.141 e. The van der Waals surface area contributed by atoms with E-state index in [2.05, 4.69) is 9.97 Å². The zero-order valence-corrected chi connectivity index (χ0v) is 8.89. The van der Waals surface area contributed by atoms with Crippen molar-refractivity contribution in [1.82, 2.24) is 9.97 Å². The van der Waals surface area contributed by atoms with Crippen LogP contribution >= 0.6 is 0 Å². The number of benzene rings is 1. The molecule has 0 N–H and O–H groups in total.